The van der Waals surface area contributed by atoms with Gasteiger partial charge in [0.05, 0.1) is 6.61 Å². The summed E-state index contributed by atoms with van der Waals surface area (Å²) >= 11 is 0. The van der Waals surface area contributed by atoms with E-state index in [0.29, 0.717) is 41.0 Å². The van der Waals surface area contributed by atoms with Crippen LogP contribution in [0.2, 0.25) is 16.6 Å². The molecule has 2 aliphatic rings. The second kappa shape index (κ2) is 7.31. The predicted octanol–water partition coefficient (Wildman–Crippen LogP) is 4.60. The summed E-state index contributed by atoms with van der Waals surface area (Å²) in [5.74, 6) is -0.591. The molecule has 2 aliphatic heterocycles. The van der Waals surface area contributed by atoms with Crippen LogP contribution in [-0.2, 0) is 9.16 Å². The van der Waals surface area contributed by atoms with E-state index < -0.39 is 26.3 Å². The molecule has 150 valence electrons. The minimum absolute atomic E-state index is 0.381. The van der Waals surface area contributed by atoms with E-state index in [1.807, 2.05) is 6.07 Å². The zero-order valence-corrected chi connectivity index (χ0v) is 18.2. The summed E-state index contributed by atoms with van der Waals surface area (Å²) in [6.45, 7) is 13.8. The summed E-state index contributed by atoms with van der Waals surface area (Å²) in [5, 5.41) is 10.8. The molecule has 1 spiro atoms. The van der Waals surface area contributed by atoms with Gasteiger partial charge in [-0.1, -0.05) is 41.5 Å². The number of benzene rings is 1. The molecule has 0 amide bonds. The van der Waals surface area contributed by atoms with Crippen LogP contribution in [0.5, 0.6) is 5.75 Å². The van der Waals surface area contributed by atoms with E-state index in [-0.39, 0.29) is 0 Å². The number of aliphatic hydroxyl groups is 1. The highest BCUT2D eigenvalue weighted by Gasteiger charge is 2.61. The number of hydrogen-bond acceptors (Lipinski definition) is 5. The minimum Gasteiger partial charge on any atom is -0.456 e. The molecule has 27 heavy (non-hydrogen) atoms. The molecule has 1 saturated heterocycles. The lowest BCUT2D eigenvalue weighted by molar-refractivity contribution is -0.230. The Morgan fingerprint density at radius 1 is 1.19 bits per heavy atom. The van der Waals surface area contributed by atoms with Crippen molar-refractivity contribution in [3.8, 4) is 5.75 Å². The molecule has 1 fully saturated rings. The zero-order chi connectivity index (χ0) is 20.0. The van der Waals surface area contributed by atoms with Crippen LogP contribution in [0.4, 0.5) is 0 Å². The summed E-state index contributed by atoms with van der Waals surface area (Å²) < 4.78 is 19.2. The maximum atomic E-state index is 11.3. The molecule has 0 aromatic heterocycles. The average Bonchev–Trinajstić information content (AvgIpc) is 3.11. The number of carbonyl (C=O) groups excluding carboxylic acids is 1. The number of ether oxygens (including phenoxy) is 2. The molecule has 1 N–H and O–H groups in total. The molecule has 3 atom stereocenters. The van der Waals surface area contributed by atoms with Gasteiger partial charge < -0.3 is 19.0 Å². The molecule has 0 aliphatic carbocycles. The highest BCUT2D eigenvalue weighted by atomic mass is 28.4. The standard InChI is InChI=1S/C21H32O5Si/c1-13(2)27(14(3)4,15(5)6)26-20-17-11-16(12-22)7-8-18(17)25-21(20)19(23)9-10-24-21/h7-8,11-15,19-20,23H,9-10H2,1-6H3/t19-,20-,21+/m1/s1. The maximum Gasteiger partial charge on any atom is 0.266 e. The number of aldehydes is 1. The smallest absolute Gasteiger partial charge is 0.266 e. The van der Waals surface area contributed by atoms with Crippen molar-refractivity contribution >= 4 is 14.6 Å². The SMILES string of the molecule is CC(C)[Si](O[C@@H]1c2cc(C=O)ccc2O[C@]12OCC[C@H]2O)(C(C)C)C(C)C. The highest BCUT2D eigenvalue weighted by Crippen LogP contribution is 2.55. The van der Waals surface area contributed by atoms with E-state index in [9.17, 15) is 9.90 Å². The lowest BCUT2D eigenvalue weighted by atomic mass is 9.98. The molecular formula is C21H32O5Si. The lowest BCUT2D eigenvalue weighted by Crippen LogP contribution is -2.55. The second-order valence-corrected chi connectivity index (χ2v) is 14.1. The molecule has 2 heterocycles. The first-order valence-electron chi connectivity index (χ1n) is 9.97. The number of aliphatic hydroxyl groups excluding tert-OH is 1. The van der Waals surface area contributed by atoms with Crippen LogP contribution in [0.3, 0.4) is 0 Å². The van der Waals surface area contributed by atoms with Gasteiger partial charge in [-0.05, 0) is 34.8 Å². The van der Waals surface area contributed by atoms with E-state index in [1.165, 1.54) is 0 Å². The van der Waals surface area contributed by atoms with Crippen molar-refractivity contribution in [3.05, 3.63) is 29.3 Å². The Balaban J connectivity index is 2.13. The van der Waals surface area contributed by atoms with Crippen LogP contribution >= 0.6 is 0 Å². The van der Waals surface area contributed by atoms with Crippen molar-refractivity contribution in [2.24, 2.45) is 0 Å². The second-order valence-electron chi connectivity index (χ2n) is 8.71. The van der Waals surface area contributed by atoms with Crippen molar-refractivity contribution in [3.63, 3.8) is 0 Å². The third kappa shape index (κ3) is 3.07. The monoisotopic (exact) mass is 392 g/mol. The molecule has 1 aromatic carbocycles. The van der Waals surface area contributed by atoms with Gasteiger partial charge in [0.15, 0.2) is 0 Å². The van der Waals surface area contributed by atoms with Crippen molar-refractivity contribution in [2.45, 2.75) is 82.6 Å². The molecule has 3 rings (SSSR count). The summed E-state index contributed by atoms with van der Waals surface area (Å²) in [6.07, 6.45) is 0.0248. The van der Waals surface area contributed by atoms with Gasteiger partial charge in [-0.15, -0.1) is 0 Å². The van der Waals surface area contributed by atoms with Crippen molar-refractivity contribution in [2.75, 3.05) is 6.61 Å². The maximum absolute atomic E-state index is 11.3. The summed E-state index contributed by atoms with van der Waals surface area (Å²) in [7, 11) is -2.27. The van der Waals surface area contributed by atoms with Gasteiger partial charge in [0.1, 0.15) is 24.2 Å². The number of fused-ring (bicyclic) bond motifs is 1. The van der Waals surface area contributed by atoms with Crippen LogP contribution < -0.4 is 4.74 Å². The van der Waals surface area contributed by atoms with Crippen molar-refractivity contribution in [1.29, 1.82) is 0 Å². The fourth-order valence-corrected chi connectivity index (χ4v) is 10.6. The van der Waals surface area contributed by atoms with Gasteiger partial charge >= 0.3 is 0 Å². The fourth-order valence-electron chi connectivity index (χ4n) is 5.11. The van der Waals surface area contributed by atoms with Crippen molar-refractivity contribution < 1.29 is 23.8 Å². The normalized spacial score (nSPS) is 27.6. The Labute approximate surface area is 163 Å². The zero-order valence-electron chi connectivity index (χ0n) is 17.2. The predicted molar refractivity (Wildman–Crippen MR) is 107 cm³/mol. The van der Waals surface area contributed by atoms with E-state index in [2.05, 4.69) is 41.5 Å². The van der Waals surface area contributed by atoms with Crippen LogP contribution in [0.1, 0.15) is 70.0 Å². The van der Waals surface area contributed by atoms with E-state index >= 15 is 0 Å². The molecule has 0 bridgehead atoms. The Morgan fingerprint density at radius 3 is 2.30 bits per heavy atom. The molecule has 5 nitrogen and oxygen atoms in total. The first-order chi connectivity index (χ1) is 12.7. The van der Waals surface area contributed by atoms with Gasteiger partial charge in [-0.25, -0.2) is 0 Å². The van der Waals surface area contributed by atoms with Gasteiger partial charge in [-0.2, -0.15) is 0 Å². The van der Waals surface area contributed by atoms with Gasteiger partial charge in [0.25, 0.3) is 5.79 Å². The number of carbonyl (C=O) groups is 1. The third-order valence-electron chi connectivity index (χ3n) is 6.30. The molecule has 0 radical (unpaired) electrons. The Hall–Kier alpha value is -1.21. The highest BCUT2D eigenvalue weighted by molar-refractivity contribution is 6.77. The largest absolute Gasteiger partial charge is 0.456 e. The Bertz CT molecular complexity index is 680. The van der Waals surface area contributed by atoms with E-state index in [0.717, 1.165) is 11.8 Å². The Morgan fingerprint density at radius 2 is 1.81 bits per heavy atom. The Kier molecular flexibility index (Phi) is 5.56. The summed E-state index contributed by atoms with van der Waals surface area (Å²) in [4.78, 5) is 11.3. The van der Waals surface area contributed by atoms with Gasteiger partial charge in [0, 0.05) is 17.5 Å². The molecule has 0 saturated carbocycles. The van der Waals surface area contributed by atoms with Crippen LogP contribution in [0, 0.1) is 0 Å². The topological polar surface area (TPSA) is 65.0 Å². The van der Waals surface area contributed by atoms with Crippen LogP contribution in [0.25, 0.3) is 0 Å². The average molecular weight is 393 g/mol. The molecule has 6 heteroatoms. The number of hydrogen-bond donors (Lipinski definition) is 1. The van der Waals surface area contributed by atoms with Crippen LogP contribution in [0.15, 0.2) is 18.2 Å². The van der Waals surface area contributed by atoms with Crippen molar-refractivity contribution in [1.82, 2.24) is 0 Å². The quantitative estimate of drug-likeness (QED) is 0.566. The number of rotatable bonds is 6. The van der Waals surface area contributed by atoms with E-state index in [1.54, 1.807) is 12.1 Å². The molecule has 1 aromatic rings. The summed E-state index contributed by atoms with van der Waals surface area (Å²) in [6, 6.07) is 5.32. The molecular weight excluding hydrogens is 360 g/mol. The third-order valence-corrected chi connectivity index (χ3v) is 12.4. The first kappa shape index (κ1) is 20.5. The van der Waals surface area contributed by atoms with Gasteiger partial charge in [-0.3, -0.25) is 4.79 Å². The molecule has 0 unspecified atom stereocenters. The summed E-state index contributed by atoms with van der Waals surface area (Å²) in [5.41, 5.74) is 2.52. The lowest BCUT2D eigenvalue weighted by Gasteiger charge is -2.46. The fraction of sp³-hybridized carbons (Fsp3) is 0.667. The van der Waals surface area contributed by atoms with E-state index in [4.69, 9.17) is 13.9 Å². The minimum atomic E-state index is -2.27. The van der Waals surface area contributed by atoms with Gasteiger partial charge in [0.2, 0.25) is 8.32 Å². The first-order valence-corrected chi connectivity index (χ1v) is 12.1. The van der Waals surface area contributed by atoms with Crippen LogP contribution in [-0.4, -0.2) is 38.2 Å².